The van der Waals surface area contributed by atoms with Crippen LogP contribution in [0.5, 0.6) is 0 Å². The lowest BCUT2D eigenvalue weighted by atomic mass is 9.96. The first-order valence-corrected chi connectivity index (χ1v) is 14.9. The third kappa shape index (κ3) is 5.52. The van der Waals surface area contributed by atoms with Crippen LogP contribution in [0.1, 0.15) is 29.8 Å². The number of aryl methyl sites for hydroxylation is 1. The molecule has 2 saturated heterocycles. The largest absolute Gasteiger partial charge is 0.340 e. The van der Waals surface area contributed by atoms with E-state index >= 15 is 0 Å². The number of rotatable bonds is 6. The number of hydrogen-bond acceptors (Lipinski definition) is 5. The predicted octanol–water partition coefficient (Wildman–Crippen LogP) is 3.89. The summed E-state index contributed by atoms with van der Waals surface area (Å²) in [7, 11) is -3.58. The number of hydrogen-bond donors (Lipinski definition) is 0. The Morgan fingerprint density at radius 2 is 1.55 bits per heavy atom. The normalized spacial score (nSPS) is 18.1. The Balaban J connectivity index is 1.14. The van der Waals surface area contributed by atoms with Crippen LogP contribution >= 0.6 is 11.6 Å². The van der Waals surface area contributed by atoms with Crippen molar-refractivity contribution in [2.45, 2.75) is 38.1 Å². The molecule has 8 nitrogen and oxygen atoms in total. The van der Waals surface area contributed by atoms with Crippen LogP contribution in [0.2, 0.25) is 5.02 Å². The standard InChI is InChI=1S/C28H34ClN5O3S/c1-21-27(22(2)34(30-21)25-6-4-3-5-7-25)20-31-16-18-32(19-17-31)28(35)23-12-14-33(15-13-23)38(36,37)26-10-8-24(29)9-11-26/h3-11,23H,12-20H2,1-2H3. The Hall–Kier alpha value is -2.72. The van der Waals surface area contributed by atoms with Crippen LogP contribution in [-0.4, -0.2) is 77.5 Å². The van der Waals surface area contributed by atoms with Crippen LogP contribution in [0.25, 0.3) is 5.69 Å². The van der Waals surface area contributed by atoms with Crippen LogP contribution in [0.3, 0.4) is 0 Å². The number of piperidine rings is 1. The lowest BCUT2D eigenvalue weighted by molar-refractivity contribution is -0.138. The number of carbonyl (C=O) groups excluding carboxylic acids is 1. The molecule has 2 aliphatic heterocycles. The molecule has 0 aliphatic carbocycles. The minimum absolute atomic E-state index is 0.133. The maximum absolute atomic E-state index is 13.3. The average Bonchev–Trinajstić information content (AvgIpc) is 3.22. The summed E-state index contributed by atoms with van der Waals surface area (Å²) in [6, 6.07) is 16.4. The number of halogens is 1. The van der Waals surface area contributed by atoms with Gasteiger partial charge in [0.1, 0.15) is 0 Å². The SMILES string of the molecule is Cc1nn(-c2ccccc2)c(C)c1CN1CCN(C(=O)C2CCN(S(=O)(=O)c3ccc(Cl)cc3)CC2)CC1. The third-order valence-electron chi connectivity index (χ3n) is 7.76. The molecule has 0 saturated carbocycles. The minimum atomic E-state index is -3.58. The summed E-state index contributed by atoms with van der Waals surface area (Å²) in [6.45, 7) is 8.68. The Kier molecular flexibility index (Phi) is 7.90. The molecule has 0 unspecified atom stereocenters. The molecular formula is C28H34ClN5O3S. The Morgan fingerprint density at radius 1 is 0.921 bits per heavy atom. The number of carbonyl (C=O) groups is 1. The van der Waals surface area contributed by atoms with Gasteiger partial charge in [0, 0.05) is 68.0 Å². The second-order valence-electron chi connectivity index (χ2n) is 10.1. The Labute approximate surface area is 229 Å². The van der Waals surface area contributed by atoms with Crippen molar-refractivity contribution in [3.05, 3.63) is 76.6 Å². The van der Waals surface area contributed by atoms with Crippen LogP contribution in [-0.2, 0) is 21.4 Å². The molecule has 0 spiro atoms. The summed E-state index contributed by atoms with van der Waals surface area (Å²) < 4.78 is 29.4. The first-order chi connectivity index (χ1) is 18.2. The zero-order chi connectivity index (χ0) is 26.9. The highest BCUT2D eigenvalue weighted by molar-refractivity contribution is 7.89. The summed E-state index contributed by atoms with van der Waals surface area (Å²) in [5, 5.41) is 5.27. The molecule has 10 heteroatoms. The molecule has 0 bridgehead atoms. The third-order valence-corrected chi connectivity index (χ3v) is 9.93. The van der Waals surface area contributed by atoms with E-state index in [-0.39, 0.29) is 16.7 Å². The van der Waals surface area contributed by atoms with Gasteiger partial charge in [0.15, 0.2) is 0 Å². The number of para-hydroxylation sites is 1. The number of amides is 1. The minimum Gasteiger partial charge on any atom is -0.340 e. The second-order valence-corrected chi connectivity index (χ2v) is 12.5. The molecule has 3 aromatic rings. The van der Waals surface area contributed by atoms with Gasteiger partial charge in [0.05, 0.1) is 16.3 Å². The van der Waals surface area contributed by atoms with Gasteiger partial charge in [0.25, 0.3) is 0 Å². The summed E-state index contributed by atoms with van der Waals surface area (Å²) in [5.74, 6) is 0.0178. The quantitative estimate of drug-likeness (QED) is 0.461. The molecule has 1 amide bonds. The Morgan fingerprint density at radius 3 is 2.18 bits per heavy atom. The molecule has 0 N–H and O–H groups in total. The molecule has 2 aliphatic rings. The monoisotopic (exact) mass is 555 g/mol. The lowest BCUT2D eigenvalue weighted by Crippen LogP contribution is -2.51. The molecule has 38 heavy (non-hydrogen) atoms. The fraction of sp³-hybridized carbons (Fsp3) is 0.429. The van der Waals surface area contributed by atoms with E-state index in [4.69, 9.17) is 16.7 Å². The molecule has 202 valence electrons. The topological polar surface area (TPSA) is 78.8 Å². The van der Waals surface area contributed by atoms with E-state index in [1.165, 1.54) is 22.0 Å². The van der Waals surface area contributed by atoms with Gasteiger partial charge < -0.3 is 4.90 Å². The predicted molar refractivity (Wildman–Crippen MR) is 148 cm³/mol. The average molecular weight is 556 g/mol. The summed E-state index contributed by atoms with van der Waals surface area (Å²) in [5.41, 5.74) is 4.47. The van der Waals surface area contributed by atoms with Crippen LogP contribution in [0.15, 0.2) is 59.5 Å². The van der Waals surface area contributed by atoms with Crippen molar-refractivity contribution in [3.8, 4) is 5.69 Å². The number of nitrogens with zero attached hydrogens (tertiary/aromatic N) is 5. The number of aromatic nitrogens is 2. The molecule has 3 heterocycles. The van der Waals surface area contributed by atoms with E-state index < -0.39 is 10.0 Å². The van der Waals surface area contributed by atoms with Crippen molar-refractivity contribution in [2.75, 3.05) is 39.3 Å². The van der Waals surface area contributed by atoms with Crippen molar-refractivity contribution < 1.29 is 13.2 Å². The van der Waals surface area contributed by atoms with Crippen LogP contribution in [0, 0.1) is 19.8 Å². The van der Waals surface area contributed by atoms with Gasteiger partial charge in [0.2, 0.25) is 15.9 Å². The van der Waals surface area contributed by atoms with Crippen LogP contribution in [0.4, 0.5) is 0 Å². The van der Waals surface area contributed by atoms with E-state index in [0.717, 1.165) is 36.7 Å². The molecular weight excluding hydrogens is 522 g/mol. The molecule has 2 fully saturated rings. The number of benzene rings is 2. The van der Waals surface area contributed by atoms with Gasteiger partial charge in [-0.2, -0.15) is 9.40 Å². The lowest BCUT2D eigenvalue weighted by Gasteiger charge is -2.38. The highest BCUT2D eigenvalue weighted by atomic mass is 35.5. The smallest absolute Gasteiger partial charge is 0.243 e. The number of sulfonamides is 1. The van der Waals surface area contributed by atoms with E-state index in [9.17, 15) is 13.2 Å². The van der Waals surface area contributed by atoms with Crippen molar-refractivity contribution in [2.24, 2.45) is 5.92 Å². The van der Waals surface area contributed by atoms with Crippen molar-refractivity contribution in [1.82, 2.24) is 23.9 Å². The van der Waals surface area contributed by atoms with Gasteiger partial charge in [-0.3, -0.25) is 9.69 Å². The maximum atomic E-state index is 13.3. The van der Waals surface area contributed by atoms with Gasteiger partial charge in [-0.25, -0.2) is 13.1 Å². The van der Waals surface area contributed by atoms with Gasteiger partial charge >= 0.3 is 0 Å². The molecule has 0 atom stereocenters. The highest BCUT2D eigenvalue weighted by Crippen LogP contribution is 2.27. The molecule has 5 rings (SSSR count). The molecule has 1 aromatic heterocycles. The Bertz CT molecular complexity index is 1380. The summed E-state index contributed by atoms with van der Waals surface area (Å²) in [6.07, 6.45) is 1.09. The van der Waals surface area contributed by atoms with E-state index in [0.29, 0.717) is 44.0 Å². The van der Waals surface area contributed by atoms with E-state index in [1.54, 1.807) is 12.1 Å². The second kappa shape index (κ2) is 11.2. The highest BCUT2D eigenvalue weighted by Gasteiger charge is 2.34. The first kappa shape index (κ1) is 26.9. The fourth-order valence-corrected chi connectivity index (χ4v) is 7.03. The van der Waals surface area contributed by atoms with E-state index in [2.05, 4.69) is 30.9 Å². The fourth-order valence-electron chi connectivity index (χ4n) is 5.43. The van der Waals surface area contributed by atoms with Gasteiger partial charge in [-0.05, 0) is 63.1 Å². The molecule has 2 aromatic carbocycles. The zero-order valence-corrected chi connectivity index (χ0v) is 23.5. The van der Waals surface area contributed by atoms with Gasteiger partial charge in [-0.15, -0.1) is 0 Å². The van der Waals surface area contributed by atoms with Crippen LogP contribution < -0.4 is 0 Å². The maximum Gasteiger partial charge on any atom is 0.243 e. The van der Waals surface area contributed by atoms with Crippen molar-refractivity contribution in [1.29, 1.82) is 0 Å². The zero-order valence-electron chi connectivity index (χ0n) is 21.9. The van der Waals surface area contributed by atoms with Crippen molar-refractivity contribution in [3.63, 3.8) is 0 Å². The van der Waals surface area contributed by atoms with Gasteiger partial charge in [-0.1, -0.05) is 29.8 Å². The van der Waals surface area contributed by atoms with E-state index in [1.807, 2.05) is 27.8 Å². The summed E-state index contributed by atoms with van der Waals surface area (Å²) >= 11 is 5.91. The summed E-state index contributed by atoms with van der Waals surface area (Å²) in [4.78, 5) is 17.8. The first-order valence-electron chi connectivity index (χ1n) is 13.1. The molecule has 0 radical (unpaired) electrons. The van der Waals surface area contributed by atoms with Crippen molar-refractivity contribution >= 4 is 27.5 Å². The number of piperazine rings is 1.